The van der Waals surface area contributed by atoms with Crippen LogP contribution in [-0.2, 0) is 24.8 Å². The number of fused-ring (bicyclic) bond motifs is 2. The molecule has 4 rings (SSSR count). The Morgan fingerprint density at radius 3 is 2.92 bits per heavy atom. The van der Waals surface area contributed by atoms with Crippen LogP contribution in [0.5, 0.6) is 0 Å². The monoisotopic (exact) mass is 320 g/mol. The molecular weight excluding hydrogens is 304 g/mol. The van der Waals surface area contributed by atoms with E-state index in [0.717, 1.165) is 22.0 Å². The summed E-state index contributed by atoms with van der Waals surface area (Å²) in [5.41, 5.74) is 4.52. The summed E-state index contributed by atoms with van der Waals surface area (Å²) in [5.74, 6) is -0.00951. The van der Waals surface area contributed by atoms with Crippen LogP contribution >= 0.6 is 0 Å². The molecule has 0 spiro atoms. The largest absolute Gasteiger partial charge is 0.352 e. The molecule has 6 nitrogen and oxygen atoms in total. The van der Waals surface area contributed by atoms with Crippen molar-refractivity contribution in [1.29, 1.82) is 0 Å². The molecule has 0 unspecified atom stereocenters. The van der Waals surface area contributed by atoms with Gasteiger partial charge in [-0.2, -0.15) is 0 Å². The second kappa shape index (κ2) is 5.81. The number of hydrogen-bond acceptors (Lipinski definition) is 4. The minimum Gasteiger partial charge on any atom is -0.352 e. The summed E-state index contributed by atoms with van der Waals surface area (Å²) in [4.78, 5) is 12.3. The maximum Gasteiger partial charge on any atom is 0.224 e. The van der Waals surface area contributed by atoms with Gasteiger partial charge in [-0.25, -0.2) is 4.63 Å². The van der Waals surface area contributed by atoms with E-state index in [1.165, 1.54) is 0 Å². The van der Waals surface area contributed by atoms with Gasteiger partial charge in [0.2, 0.25) is 5.91 Å². The first-order chi connectivity index (χ1) is 11.7. The lowest BCUT2D eigenvalue weighted by Gasteiger charge is -2.05. The van der Waals surface area contributed by atoms with Crippen LogP contribution < -0.4 is 5.32 Å². The molecule has 24 heavy (non-hydrogen) atoms. The SMILES string of the molecule is Cn1cc(CC(=O)NCc2ccc3nonc3c2)c2ccccc21. The maximum atomic E-state index is 12.3. The van der Waals surface area contributed by atoms with E-state index in [0.29, 0.717) is 24.0 Å². The number of para-hydroxylation sites is 1. The van der Waals surface area contributed by atoms with Gasteiger partial charge in [0.15, 0.2) is 0 Å². The zero-order valence-electron chi connectivity index (χ0n) is 13.2. The highest BCUT2D eigenvalue weighted by molar-refractivity contribution is 5.89. The van der Waals surface area contributed by atoms with Crippen molar-refractivity contribution in [3.8, 4) is 0 Å². The summed E-state index contributed by atoms with van der Waals surface area (Å²) in [6, 6.07) is 13.7. The number of nitrogens with zero attached hydrogens (tertiary/aromatic N) is 3. The first-order valence-electron chi connectivity index (χ1n) is 7.71. The Kier molecular flexibility index (Phi) is 3.49. The van der Waals surface area contributed by atoms with E-state index in [4.69, 9.17) is 0 Å². The number of nitrogens with one attached hydrogen (secondary N) is 1. The summed E-state index contributed by atoms with van der Waals surface area (Å²) >= 11 is 0. The Morgan fingerprint density at radius 1 is 1.17 bits per heavy atom. The minimum atomic E-state index is -0.00951. The van der Waals surface area contributed by atoms with E-state index in [1.54, 1.807) is 0 Å². The summed E-state index contributed by atoms with van der Waals surface area (Å²) < 4.78 is 6.72. The Labute approximate surface area is 138 Å². The number of carbonyl (C=O) groups excluding carboxylic acids is 1. The lowest BCUT2D eigenvalue weighted by molar-refractivity contribution is -0.120. The van der Waals surface area contributed by atoms with Crippen LogP contribution in [0.1, 0.15) is 11.1 Å². The number of hydrogen-bond donors (Lipinski definition) is 1. The molecule has 0 aliphatic carbocycles. The van der Waals surface area contributed by atoms with Crippen LogP contribution in [-0.4, -0.2) is 20.8 Å². The quantitative estimate of drug-likeness (QED) is 0.627. The van der Waals surface area contributed by atoms with Crippen molar-refractivity contribution in [2.75, 3.05) is 0 Å². The average molecular weight is 320 g/mol. The van der Waals surface area contributed by atoms with Gasteiger partial charge in [-0.15, -0.1) is 0 Å². The molecule has 0 fully saturated rings. The first kappa shape index (κ1) is 14.4. The van der Waals surface area contributed by atoms with Gasteiger partial charge in [0.1, 0.15) is 11.0 Å². The Hall–Kier alpha value is -3.15. The number of carbonyl (C=O) groups is 1. The van der Waals surface area contributed by atoms with E-state index in [-0.39, 0.29) is 5.91 Å². The van der Waals surface area contributed by atoms with Crippen molar-refractivity contribution in [3.05, 3.63) is 59.8 Å². The maximum absolute atomic E-state index is 12.3. The molecule has 0 bridgehead atoms. The van der Waals surface area contributed by atoms with E-state index < -0.39 is 0 Å². The van der Waals surface area contributed by atoms with E-state index in [9.17, 15) is 4.79 Å². The predicted octanol–water partition coefficient (Wildman–Crippen LogP) is 2.57. The van der Waals surface area contributed by atoms with Gasteiger partial charge in [0.25, 0.3) is 0 Å². The molecule has 6 heteroatoms. The van der Waals surface area contributed by atoms with Gasteiger partial charge in [-0.3, -0.25) is 4.79 Å². The highest BCUT2D eigenvalue weighted by Crippen LogP contribution is 2.20. The lowest BCUT2D eigenvalue weighted by Crippen LogP contribution is -2.24. The fourth-order valence-corrected chi connectivity index (χ4v) is 2.94. The summed E-state index contributed by atoms with van der Waals surface area (Å²) in [7, 11) is 1.99. The molecule has 0 atom stereocenters. The number of benzene rings is 2. The fourth-order valence-electron chi connectivity index (χ4n) is 2.94. The third-order valence-electron chi connectivity index (χ3n) is 4.14. The number of rotatable bonds is 4. The molecule has 2 aromatic heterocycles. The second-order valence-corrected chi connectivity index (χ2v) is 5.82. The zero-order chi connectivity index (χ0) is 16.5. The molecule has 0 saturated carbocycles. The van der Waals surface area contributed by atoms with Crippen molar-refractivity contribution in [2.45, 2.75) is 13.0 Å². The van der Waals surface area contributed by atoms with Crippen LogP contribution in [0.15, 0.2) is 53.3 Å². The lowest BCUT2D eigenvalue weighted by atomic mass is 10.1. The topological polar surface area (TPSA) is 73.0 Å². The normalized spacial score (nSPS) is 11.2. The Morgan fingerprint density at radius 2 is 2.00 bits per heavy atom. The van der Waals surface area contributed by atoms with Gasteiger partial charge in [-0.1, -0.05) is 24.3 Å². The zero-order valence-corrected chi connectivity index (χ0v) is 13.2. The molecule has 0 aliphatic heterocycles. The van der Waals surface area contributed by atoms with Gasteiger partial charge in [0.05, 0.1) is 6.42 Å². The molecule has 1 N–H and O–H groups in total. The van der Waals surface area contributed by atoms with Crippen molar-refractivity contribution in [1.82, 2.24) is 20.2 Å². The van der Waals surface area contributed by atoms with Crippen LogP contribution in [0.3, 0.4) is 0 Å². The van der Waals surface area contributed by atoms with Crippen molar-refractivity contribution in [2.24, 2.45) is 7.05 Å². The molecule has 120 valence electrons. The number of aryl methyl sites for hydroxylation is 1. The van der Waals surface area contributed by atoms with Crippen molar-refractivity contribution in [3.63, 3.8) is 0 Å². The molecule has 4 aromatic rings. The highest BCUT2D eigenvalue weighted by atomic mass is 16.6. The standard InChI is InChI=1S/C18H16N4O2/c1-22-11-13(14-4-2-3-5-17(14)22)9-18(23)19-10-12-6-7-15-16(8-12)21-24-20-15/h2-8,11H,9-10H2,1H3,(H,19,23). The summed E-state index contributed by atoms with van der Waals surface area (Å²) in [5, 5.41) is 11.6. The average Bonchev–Trinajstić information content (AvgIpc) is 3.18. The minimum absolute atomic E-state index is 0.00951. The molecule has 1 amide bonds. The fraction of sp³-hybridized carbons (Fsp3) is 0.167. The van der Waals surface area contributed by atoms with Crippen LogP contribution in [0.4, 0.5) is 0 Å². The second-order valence-electron chi connectivity index (χ2n) is 5.82. The third kappa shape index (κ3) is 2.62. The van der Waals surface area contributed by atoms with Gasteiger partial charge in [-0.05, 0) is 39.6 Å². The molecule has 0 aliphatic rings. The van der Waals surface area contributed by atoms with E-state index >= 15 is 0 Å². The van der Waals surface area contributed by atoms with Crippen LogP contribution in [0.2, 0.25) is 0 Å². The van der Waals surface area contributed by atoms with Crippen LogP contribution in [0.25, 0.3) is 21.9 Å². The smallest absolute Gasteiger partial charge is 0.224 e. The molecule has 2 heterocycles. The van der Waals surface area contributed by atoms with Crippen molar-refractivity contribution >= 4 is 27.8 Å². The summed E-state index contributed by atoms with van der Waals surface area (Å²) in [6.45, 7) is 0.451. The predicted molar refractivity (Wildman–Crippen MR) is 90.3 cm³/mol. The molecular formula is C18H16N4O2. The Bertz CT molecular complexity index is 1030. The van der Waals surface area contributed by atoms with Gasteiger partial charge >= 0.3 is 0 Å². The van der Waals surface area contributed by atoms with E-state index in [2.05, 4.69) is 26.3 Å². The molecule has 0 radical (unpaired) electrons. The van der Waals surface area contributed by atoms with Gasteiger partial charge < -0.3 is 9.88 Å². The molecule has 0 saturated heterocycles. The Balaban J connectivity index is 1.46. The highest BCUT2D eigenvalue weighted by Gasteiger charge is 2.10. The summed E-state index contributed by atoms with van der Waals surface area (Å²) in [6.07, 6.45) is 2.37. The van der Waals surface area contributed by atoms with Crippen LogP contribution in [0, 0.1) is 0 Å². The third-order valence-corrected chi connectivity index (χ3v) is 4.14. The first-order valence-corrected chi connectivity index (χ1v) is 7.71. The van der Waals surface area contributed by atoms with Gasteiger partial charge in [0, 0.05) is 30.7 Å². The van der Waals surface area contributed by atoms with Crippen molar-refractivity contribution < 1.29 is 9.42 Å². The number of amides is 1. The number of aromatic nitrogens is 3. The molecule has 2 aromatic carbocycles. The van der Waals surface area contributed by atoms with E-state index in [1.807, 2.05) is 54.2 Å².